The molecule has 1 aromatic rings. The number of carbonyl (C=O) groups excluding carboxylic acids is 2. The van der Waals surface area contributed by atoms with Crippen LogP contribution in [0, 0.1) is 0 Å². The largest absolute Gasteiger partial charge is 0.369 e. The molecule has 16 heavy (non-hydrogen) atoms. The number of aromatic amines is 1. The molecule has 1 aliphatic heterocycles. The monoisotopic (exact) mass is 224 g/mol. The van der Waals surface area contributed by atoms with Crippen LogP contribution in [0.3, 0.4) is 0 Å². The molecule has 0 spiro atoms. The van der Waals surface area contributed by atoms with Gasteiger partial charge < -0.3 is 22.1 Å². The van der Waals surface area contributed by atoms with E-state index in [-0.39, 0.29) is 17.5 Å². The third-order valence-corrected chi connectivity index (χ3v) is 2.01. The van der Waals surface area contributed by atoms with Gasteiger partial charge in [0.1, 0.15) is 0 Å². The molecule has 0 unspecified atom stereocenters. The Morgan fingerprint density at radius 1 is 1.38 bits per heavy atom. The van der Waals surface area contributed by atoms with Gasteiger partial charge >= 0.3 is 0 Å². The zero-order chi connectivity index (χ0) is 11.9. The second kappa shape index (κ2) is 3.22. The third kappa shape index (κ3) is 1.43. The molecule has 1 atom stereocenters. The molecule has 2 heterocycles. The van der Waals surface area contributed by atoms with Crippen molar-refractivity contribution >= 4 is 29.3 Å². The summed E-state index contributed by atoms with van der Waals surface area (Å²) in [6, 6.07) is -1.26. The van der Waals surface area contributed by atoms with E-state index in [9.17, 15) is 14.4 Å². The number of hydrogen-bond acceptors (Lipinski definition) is 6. The van der Waals surface area contributed by atoms with Crippen LogP contribution in [0.2, 0.25) is 0 Å². The number of nitrogens with one attached hydrogen (secondary N) is 3. The zero-order valence-corrected chi connectivity index (χ0v) is 7.90. The molecule has 9 heteroatoms. The minimum Gasteiger partial charge on any atom is -0.369 e. The maximum absolute atomic E-state index is 11.4. The predicted molar refractivity (Wildman–Crippen MR) is 54.5 cm³/mol. The van der Waals surface area contributed by atoms with E-state index in [0.29, 0.717) is 0 Å². The summed E-state index contributed by atoms with van der Waals surface area (Å²) in [5.74, 6) is -1.69. The average molecular weight is 224 g/mol. The highest BCUT2D eigenvalue weighted by atomic mass is 16.2. The van der Waals surface area contributed by atoms with Crippen LogP contribution in [-0.2, 0) is 9.59 Å². The van der Waals surface area contributed by atoms with Crippen LogP contribution in [0.15, 0.2) is 4.79 Å². The van der Waals surface area contributed by atoms with Crippen molar-refractivity contribution in [3.63, 3.8) is 0 Å². The summed E-state index contributed by atoms with van der Waals surface area (Å²) in [7, 11) is 0. The van der Waals surface area contributed by atoms with Gasteiger partial charge in [-0.2, -0.15) is 4.98 Å². The molecule has 0 saturated carbocycles. The van der Waals surface area contributed by atoms with E-state index in [2.05, 4.69) is 20.6 Å². The summed E-state index contributed by atoms with van der Waals surface area (Å²) in [6.07, 6.45) is 0. The highest BCUT2D eigenvalue weighted by Gasteiger charge is 2.32. The number of nitrogen functional groups attached to an aromatic ring is 1. The normalized spacial score (nSPS) is 18.2. The molecule has 2 rings (SSSR count). The predicted octanol–water partition coefficient (Wildman–Crippen LogP) is -2.43. The van der Waals surface area contributed by atoms with Crippen LogP contribution in [0.4, 0.5) is 17.5 Å². The number of H-pyrrole nitrogens is 1. The van der Waals surface area contributed by atoms with E-state index in [1.807, 2.05) is 0 Å². The minimum atomic E-state index is -1.26. The molecule has 84 valence electrons. The quantitative estimate of drug-likeness (QED) is 0.334. The summed E-state index contributed by atoms with van der Waals surface area (Å²) in [6.45, 7) is 0. The summed E-state index contributed by atoms with van der Waals surface area (Å²) in [4.78, 5) is 39.5. The van der Waals surface area contributed by atoms with E-state index < -0.39 is 23.4 Å². The van der Waals surface area contributed by atoms with Crippen LogP contribution < -0.4 is 27.7 Å². The first-order valence-electron chi connectivity index (χ1n) is 4.25. The lowest BCUT2D eigenvalue weighted by Gasteiger charge is -2.22. The van der Waals surface area contributed by atoms with Crippen molar-refractivity contribution in [2.24, 2.45) is 5.73 Å². The molecule has 0 fully saturated rings. The van der Waals surface area contributed by atoms with Crippen LogP contribution >= 0.6 is 0 Å². The Bertz CT molecular complexity index is 535. The average Bonchev–Trinajstić information content (AvgIpc) is 2.18. The van der Waals surface area contributed by atoms with Crippen molar-refractivity contribution in [1.82, 2.24) is 9.97 Å². The number of nitrogens with zero attached hydrogens (tertiary/aromatic N) is 1. The summed E-state index contributed by atoms with van der Waals surface area (Å²) >= 11 is 0. The fourth-order valence-corrected chi connectivity index (χ4v) is 1.31. The Hall–Kier alpha value is -2.58. The van der Waals surface area contributed by atoms with Crippen molar-refractivity contribution in [2.75, 3.05) is 16.4 Å². The topological polar surface area (TPSA) is 156 Å². The summed E-state index contributed by atoms with van der Waals surface area (Å²) in [5, 5.41) is 4.65. The minimum absolute atomic E-state index is 0.0182. The molecule has 2 amide bonds. The Labute approximate surface area is 88.2 Å². The molecule has 0 saturated heterocycles. The lowest BCUT2D eigenvalue weighted by atomic mass is 10.2. The number of amides is 2. The number of aromatic nitrogens is 2. The number of rotatable bonds is 1. The Balaban J connectivity index is 2.51. The van der Waals surface area contributed by atoms with Crippen LogP contribution in [-0.4, -0.2) is 27.8 Å². The third-order valence-electron chi connectivity index (χ3n) is 2.01. The van der Waals surface area contributed by atoms with Crippen LogP contribution in [0.25, 0.3) is 0 Å². The first kappa shape index (κ1) is 9.96. The van der Waals surface area contributed by atoms with E-state index >= 15 is 0 Å². The Morgan fingerprint density at radius 2 is 2.06 bits per heavy atom. The standard InChI is InChI=1S/C7H8N6O3/c8-3(14)1-5(15)11-2-4(10-1)12-7(9)13-6(2)16/h1H,(H2,8,14)(H,11,15)(H4,9,10,12,13,16)/t1-/m0/s1. The second-order valence-corrected chi connectivity index (χ2v) is 3.14. The van der Waals surface area contributed by atoms with Crippen LogP contribution in [0.5, 0.6) is 0 Å². The Kier molecular flexibility index (Phi) is 2.01. The van der Waals surface area contributed by atoms with Crippen molar-refractivity contribution in [2.45, 2.75) is 6.04 Å². The number of nitrogens with two attached hydrogens (primary N) is 2. The number of carbonyl (C=O) groups is 2. The summed E-state index contributed by atoms with van der Waals surface area (Å²) < 4.78 is 0. The molecule has 0 aromatic carbocycles. The van der Waals surface area contributed by atoms with Gasteiger partial charge in [0.2, 0.25) is 11.9 Å². The molecular weight excluding hydrogens is 216 g/mol. The first-order valence-corrected chi connectivity index (χ1v) is 4.25. The smallest absolute Gasteiger partial charge is 0.278 e. The van der Waals surface area contributed by atoms with Gasteiger partial charge in [0, 0.05) is 0 Å². The first-order chi connectivity index (χ1) is 7.49. The van der Waals surface area contributed by atoms with Gasteiger partial charge in [-0.15, -0.1) is 0 Å². The molecule has 0 aliphatic carbocycles. The molecule has 9 nitrogen and oxygen atoms in total. The molecule has 0 bridgehead atoms. The van der Waals surface area contributed by atoms with E-state index in [1.165, 1.54) is 0 Å². The van der Waals surface area contributed by atoms with Crippen molar-refractivity contribution < 1.29 is 9.59 Å². The number of anilines is 3. The van der Waals surface area contributed by atoms with E-state index in [0.717, 1.165) is 0 Å². The molecule has 1 aromatic heterocycles. The number of hydrogen-bond donors (Lipinski definition) is 5. The maximum Gasteiger partial charge on any atom is 0.278 e. The lowest BCUT2D eigenvalue weighted by Crippen LogP contribution is -2.49. The molecule has 7 N–H and O–H groups in total. The van der Waals surface area contributed by atoms with Gasteiger partial charge in [-0.25, -0.2) is 0 Å². The highest BCUT2D eigenvalue weighted by Crippen LogP contribution is 2.20. The van der Waals surface area contributed by atoms with Crippen molar-refractivity contribution in [1.29, 1.82) is 0 Å². The van der Waals surface area contributed by atoms with Gasteiger partial charge in [-0.1, -0.05) is 0 Å². The summed E-state index contributed by atoms with van der Waals surface area (Å²) in [5.41, 5.74) is 9.60. The second-order valence-electron chi connectivity index (χ2n) is 3.14. The number of fused-ring (bicyclic) bond motifs is 1. The fraction of sp³-hybridized carbons (Fsp3) is 0.143. The fourth-order valence-electron chi connectivity index (χ4n) is 1.31. The lowest BCUT2D eigenvalue weighted by molar-refractivity contribution is -0.126. The van der Waals surface area contributed by atoms with E-state index in [1.54, 1.807) is 0 Å². The maximum atomic E-state index is 11.4. The molecule has 0 radical (unpaired) electrons. The Morgan fingerprint density at radius 3 is 2.69 bits per heavy atom. The van der Waals surface area contributed by atoms with Gasteiger partial charge in [0.15, 0.2) is 17.5 Å². The zero-order valence-electron chi connectivity index (χ0n) is 7.90. The number of primary amides is 1. The molecular formula is C7H8N6O3. The van der Waals surface area contributed by atoms with Gasteiger partial charge in [-0.05, 0) is 0 Å². The van der Waals surface area contributed by atoms with E-state index in [4.69, 9.17) is 11.5 Å². The van der Waals surface area contributed by atoms with Crippen LogP contribution in [0.1, 0.15) is 0 Å². The van der Waals surface area contributed by atoms with Crippen molar-refractivity contribution in [3.05, 3.63) is 10.4 Å². The van der Waals surface area contributed by atoms with Gasteiger partial charge in [0.25, 0.3) is 11.5 Å². The van der Waals surface area contributed by atoms with Gasteiger partial charge in [0.05, 0.1) is 0 Å². The van der Waals surface area contributed by atoms with Crippen molar-refractivity contribution in [3.8, 4) is 0 Å². The molecule has 1 aliphatic rings. The van der Waals surface area contributed by atoms with Gasteiger partial charge in [-0.3, -0.25) is 19.4 Å². The SMILES string of the molecule is NC(=O)[C@@H]1Nc2nc(N)[nH]c(=O)c2NC1=O. The highest BCUT2D eigenvalue weighted by molar-refractivity contribution is 6.14.